The fourth-order valence-electron chi connectivity index (χ4n) is 0.668. The number of halogens is 1. The maximum absolute atomic E-state index is 3.74. The summed E-state index contributed by atoms with van der Waals surface area (Å²) in [7, 11) is 0. The van der Waals surface area contributed by atoms with Crippen molar-refractivity contribution in [3.8, 4) is 0 Å². The maximum atomic E-state index is 3.74. The molecule has 0 aliphatic rings. The highest BCUT2D eigenvalue weighted by Gasteiger charge is 1.88. The van der Waals surface area contributed by atoms with Gasteiger partial charge in [-0.15, -0.1) is 0 Å². The summed E-state index contributed by atoms with van der Waals surface area (Å²) in [6.07, 6.45) is 1.25. The molecule has 0 aromatic rings. The Bertz CT molecular complexity index is 106. The molecule has 0 saturated heterocycles. The second-order valence-corrected chi connectivity index (χ2v) is 4.76. The predicted molar refractivity (Wildman–Crippen MR) is 58.6 cm³/mol. The van der Waals surface area contributed by atoms with E-state index in [9.17, 15) is 0 Å². The van der Waals surface area contributed by atoms with Crippen LogP contribution in [0.4, 0.5) is 0 Å². The van der Waals surface area contributed by atoms with E-state index in [-0.39, 0.29) is 0 Å². The van der Waals surface area contributed by atoms with E-state index in [1.54, 1.807) is 0 Å². The molecule has 66 valence electrons. The van der Waals surface area contributed by atoms with Crippen LogP contribution in [0.5, 0.6) is 0 Å². The van der Waals surface area contributed by atoms with Crippen LogP contribution < -0.4 is 5.32 Å². The van der Waals surface area contributed by atoms with Gasteiger partial charge in [-0.3, -0.25) is 0 Å². The smallest absolute Gasteiger partial charge is 0.0265 e. The molecule has 0 aliphatic heterocycles. The van der Waals surface area contributed by atoms with Crippen LogP contribution in [-0.2, 0) is 0 Å². The van der Waals surface area contributed by atoms with E-state index < -0.39 is 0 Å². The van der Waals surface area contributed by atoms with Gasteiger partial charge < -0.3 is 5.32 Å². The molecule has 0 aromatic heterocycles. The lowest BCUT2D eigenvalue weighted by Crippen LogP contribution is -2.16. The Labute approximate surface area is 82.1 Å². The first kappa shape index (κ1) is 11.5. The summed E-state index contributed by atoms with van der Waals surface area (Å²) in [4.78, 5) is 0. The van der Waals surface area contributed by atoms with Gasteiger partial charge in [-0.25, -0.2) is 0 Å². The minimum Gasteiger partial charge on any atom is -0.312 e. The van der Waals surface area contributed by atoms with Gasteiger partial charge in [-0.2, -0.15) is 11.8 Å². The van der Waals surface area contributed by atoms with Gasteiger partial charge in [0.1, 0.15) is 0 Å². The molecular formula is C8H16BrNS. The molecule has 1 nitrogen and oxygen atoms in total. The monoisotopic (exact) mass is 237 g/mol. The summed E-state index contributed by atoms with van der Waals surface area (Å²) in [6.45, 7) is 7.91. The van der Waals surface area contributed by atoms with Crippen LogP contribution in [0, 0.1) is 0 Å². The molecule has 0 heterocycles. The van der Waals surface area contributed by atoms with Crippen molar-refractivity contribution in [2.75, 3.05) is 24.6 Å². The fourth-order valence-corrected chi connectivity index (χ4v) is 1.50. The first-order valence-electron chi connectivity index (χ1n) is 3.89. The highest BCUT2D eigenvalue weighted by Crippen LogP contribution is 2.00. The summed E-state index contributed by atoms with van der Waals surface area (Å²) in [6, 6.07) is 0. The highest BCUT2D eigenvalue weighted by molar-refractivity contribution is 9.11. The van der Waals surface area contributed by atoms with Crippen molar-refractivity contribution in [3.63, 3.8) is 0 Å². The SMILES string of the molecule is C=C(Br)CNCCCSCC. The van der Waals surface area contributed by atoms with Gasteiger partial charge in [0, 0.05) is 11.0 Å². The molecule has 0 radical (unpaired) electrons. The van der Waals surface area contributed by atoms with E-state index in [2.05, 4.69) is 34.7 Å². The molecule has 0 saturated carbocycles. The Hall–Kier alpha value is 0.530. The molecule has 1 N–H and O–H groups in total. The van der Waals surface area contributed by atoms with Crippen LogP contribution in [0.3, 0.4) is 0 Å². The van der Waals surface area contributed by atoms with Gasteiger partial charge in [-0.05, 0) is 24.5 Å². The van der Waals surface area contributed by atoms with Crippen molar-refractivity contribution in [1.82, 2.24) is 5.32 Å². The maximum Gasteiger partial charge on any atom is 0.0265 e. The Kier molecular flexibility index (Phi) is 9.04. The standard InChI is InChI=1S/C8H16BrNS/c1-3-11-6-4-5-10-7-8(2)9/h10H,2-7H2,1H3. The zero-order chi connectivity index (χ0) is 8.53. The molecule has 3 heteroatoms. The van der Waals surface area contributed by atoms with Gasteiger partial charge in [-0.1, -0.05) is 29.4 Å². The molecule has 11 heavy (non-hydrogen) atoms. The van der Waals surface area contributed by atoms with Crippen molar-refractivity contribution in [2.45, 2.75) is 13.3 Å². The Morgan fingerprint density at radius 1 is 1.64 bits per heavy atom. The number of nitrogens with one attached hydrogen (secondary N) is 1. The minimum atomic E-state index is 0.886. The van der Waals surface area contributed by atoms with Crippen molar-refractivity contribution >= 4 is 27.7 Å². The summed E-state index contributed by atoms with van der Waals surface area (Å²) >= 11 is 5.29. The van der Waals surface area contributed by atoms with Crippen molar-refractivity contribution in [2.24, 2.45) is 0 Å². The van der Waals surface area contributed by atoms with Crippen LogP contribution in [0.15, 0.2) is 11.1 Å². The van der Waals surface area contributed by atoms with Gasteiger partial charge in [0.25, 0.3) is 0 Å². The van der Waals surface area contributed by atoms with Crippen LogP contribution in [0.25, 0.3) is 0 Å². The third-order valence-corrected chi connectivity index (χ3v) is 2.43. The first-order valence-corrected chi connectivity index (χ1v) is 5.84. The zero-order valence-corrected chi connectivity index (χ0v) is 9.43. The number of hydrogen-bond donors (Lipinski definition) is 1. The van der Waals surface area contributed by atoms with Crippen molar-refractivity contribution in [3.05, 3.63) is 11.1 Å². The lowest BCUT2D eigenvalue weighted by molar-refractivity contribution is 0.731. The Morgan fingerprint density at radius 3 is 2.91 bits per heavy atom. The molecule has 0 atom stereocenters. The second-order valence-electron chi connectivity index (χ2n) is 2.24. The lowest BCUT2D eigenvalue weighted by Gasteiger charge is -2.01. The van der Waals surface area contributed by atoms with Crippen LogP contribution >= 0.6 is 27.7 Å². The summed E-state index contributed by atoms with van der Waals surface area (Å²) in [5, 5.41) is 3.28. The Balaban J connectivity index is 2.85. The molecule has 0 aliphatic carbocycles. The van der Waals surface area contributed by atoms with Gasteiger partial charge in [0.15, 0.2) is 0 Å². The number of thioether (sulfide) groups is 1. The molecule has 0 fully saturated rings. The van der Waals surface area contributed by atoms with Gasteiger partial charge in [0.05, 0.1) is 0 Å². The average molecular weight is 238 g/mol. The summed E-state index contributed by atoms with van der Waals surface area (Å²) in [5.41, 5.74) is 0. The summed E-state index contributed by atoms with van der Waals surface area (Å²) < 4.78 is 1.03. The first-order chi connectivity index (χ1) is 5.27. The molecule has 0 unspecified atom stereocenters. The molecule has 0 spiro atoms. The Morgan fingerprint density at radius 2 is 2.36 bits per heavy atom. The fraction of sp³-hybridized carbons (Fsp3) is 0.750. The largest absolute Gasteiger partial charge is 0.312 e. The van der Waals surface area contributed by atoms with E-state index in [1.807, 2.05) is 11.8 Å². The normalized spacial score (nSPS) is 10.0. The lowest BCUT2D eigenvalue weighted by atomic mass is 10.5. The van der Waals surface area contributed by atoms with E-state index >= 15 is 0 Å². The number of hydrogen-bond acceptors (Lipinski definition) is 2. The predicted octanol–water partition coefficient (Wildman–Crippen LogP) is 2.63. The topological polar surface area (TPSA) is 12.0 Å². The van der Waals surface area contributed by atoms with Crippen LogP contribution in [-0.4, -0.2) is 24.6 Å². The summed E-state index contributed by atoms with van der Waals surface area (Å²) in [5.74, 6) is 2.49. The quantitative estimate of drug-likeness (QED) is 0.684. The minimum absolute atomic E-state index is 0.886. The third kappa shape index (κ3) is 10.5. The average Bonchev–Trinajstić information content (AvgIpc) is 1.96. The zero-order valence-electron chi connectivity index (χ0n) is 7.03. The molecule has 0 bridgehead atoms. The molecule has 0 amide bonds. The third-order valence-electron chi connectivity index (χ3n) is 1.16. The van der Waals surface area contributed by atoms with E-state index in [0.717, 1.165) is 17.6 Å². The van der Waals surface area contributed by atoms with E-state index in [4.69, 9.17) is 0 Å². The molecular weight excluding hydrogens is 222 g/mol. The van der Waals surface area contributed by atoms with Gasteiger partial charge >= 0.3 is 0 Å². The molecule has 0 aromatic carbocycles. The van der Waals surface area contributed by atoms with Gasteiger partial charge in [0.2, 0.25) is 0 Å². The van der Waals surface area contributed by atoms with Crippen molar-refractivity contribution in [1.29, 1.82) is 0 Å². The molecule has 0 rings (SSSR count). The van der Waals surface area contributed by atoms with E-state index in [0.29, 0.717) is 0 Å². The van der Waals surface area contributed by atoms with Crippen LogP contribution in [0.2, 0.25) is 0 Å². The highest BCUT2D eigenvalue weighted by atomic mass is 79.9. The van der Waals surface area contributed by atoms with E-state index in [1.165, 1.54) is 17.9 Å². The van der Waals surface area contributed by atoms with Crippen LogP contribution in [0.1, 0.15) is 13.3 Å². The number of rotatable bonds is 7. The second kappa shape index (κ2) is 8.62. The van der Waals surface area contributed by atoms with Crippen molar-refractivity contribution < 1.29 is 0 Å².